The monoisotopic (exact) mass is 475 g/mol. The van der Waals surface area contributed by atoms with Gasteiger partial charge in [-0.25, -0.2) is 9.78 Å². The molecule has 0 N–H and O–H groups in total. The van der Waals surface area contributed by atoms with E-state index in [1.165, 1.54) is 23.4 Å². The molecule has 1 aromatic carbocycles. The van der Waals surface area contributed by atoms with Gasteiger partial charge in [0.05, 0.1) is 12.3 Å². The van der Waals surface area contributed by atoms with Crippen LogP contribution in [0.1, 0.15) is 31.7 Å². The molecule has 1 fully saturated rings. The van der Waals surface area contributed by atoms with E-state index in [9.17, 15) is 14.4 Å². The van der Waals surface area contributed by atoms with Crippen LogP contribution in [-0.4, -0.2) is 47.8 Å². The third kappa shape index (κ3) is 4.23. The van der Waals surface area contributed by atoms with Gasteiger partial charge in [0.1, 0.15) is 0 Å². The minimum atomic E-state index is -0.437. The Labute approximate surface area is 194 Å². The van der Waals surface area contributed by atoms with Crippen molar-refractivity contribution in [3.8, 4) is 0 Å². The zero-order valence-electron chi connectivity index (χ0n) is 18.4. The van der Waals surface area contributed by atoms with Gasteiger partial charge in [0.2, 0.25) is 5.91 Å². The number of aromatic nitrogens is 4. The third-order valence-electron chi connectivity index (χ3n) is 6.01. The summed E-state index contributed by atoms with van der Waals surface area (Å²) in [7, 11) is 3.05. The Bertz CT molecular complexity index is 1280. The van der Waals surface area contributed by atoms with Crippen LogP contribution in [0.5, 0.6) is 0 Å². The Morgan fingerprint density at radius 3 is 2.56 bits per heavy atom. The van der Waals surface area contributed by atoms with E-state index in [1.54, 1.807) is 23.7 Å². The summed E-state index contributed by atoms with van der Waals surface area (Å²) in [6, 6.07) is 7.58. The van der Waals surface area contributed by atoms with Crippen LogP contribution in [0, 0.1) is 0 Å². The van der Waals surface area contributed by atoms with Crippen LogP contribution in [0.25, 0.3) is 11.2 Å². The van der Waals surface area contributed by atoms with Crippen LogP contribution < -0.4 is 11.2 Å². The molecular weight excluding hydrogens is 450 g/mol. The largest absolute Gasteiger partial charge is 0.339 e. The standard InChI is InChI=1S/C22H26ClN5O3S/c1-14-6-4-5-11-27(14)17(29)13-32-21-24-19-18(20(30)26(3)22(31)25(19)2)28(21)12-15-7-9-16(23)10-8-15/h7-10,14H,4-6,11-13H2,1-3H3. The second-order valence-corrected chi connectivity index (χ2v) is 9.58. The number of rotatable bonds is 5. The van der Waals surface area contributed by atoms with Crippen molar-refractivity contribution in [2.24, 2.45) is 14.1 Å². The molecule has 3 aromatic rings. The van der Waals surface area contributed by atoms with E-state index in [2.05, 4.69) is 11.9 Å². The Hall–Kier alpha value is -2.52. The number of amides is 1. The van der Waals surface area contributed by atoms with Gasteiger partial charge in [-0.05, 0) is 43.9 Å². The zero-order valence-corrected chi connectivity index (χ0v) is 19.9. The maximum Gasteiger partial charge on any atom is 0.332 e. The number of nitrogens with zero attached hydrogens (tertiary/aromatic N) is 5. The van der Waals surface area contributed by atoms with Gasteiger partial charge < -0.3 is 9.47 Å². The number of likely N-dealkylation sites (tertiary alicyclic amines) is 1. The molecule has 8 nitrogen and oxygen atoms in total. The normalized spacial score (nSPS) is 16.6. The molecule has 0 bridgehead atoms. The van der Waals surface area contributed by atoms with Crippen LogP contribution in [-0.2, 0) is 25.4 Å². The van der Waals surface area contributed by atoms with Crippen LogP contribution >= 0.6 is 23.4 Å². The molecule has 3 heterocycles. The van der Waals surface area contributed by atoms with Crippen LogP contribution in [0.3, 0.4) is 0 Å². The summed E-state index contributed by atoms with van der Waals surface area (Å²) >= 11 is 7.32. The minimum absolute atomic E-state index is 0.0640. The summed E-state index contributed by atoms with van der Waals surface area (Å²) in [4.78, 5) is 44.8. The van der Waals surface area contributed by atoms with Gasteiger partial charge in [0.25, 0.3) is 5.56 Å². The van der Waals surface area contributed by atoms with Crippen LogP contribution in [0.15, 0.2) is 39.0 Å². The average molecular weight is 476 g/mol. The highest BCUT2D eigenvalue weighted by Crippen LogP contribution is 2.25. The maximum atomic E-state index is 13.0. The molecular formula is C22H26ClN5O3S. The molecule has 1 aliphatic rings. The molecule has 1 atom stereocenters. The molecule has 0 saturated carbocycles. The molecule has 4 rings (SSSR count). The first-order chi connectivity index (χ1) is 15.3. The number of thioether (sulfide) groups is 1. The SMILES string of the molecule is CC1CCCCN1C(=O)CSc1nc2c(c(=O)n(C)c(=O)n2C)n1Cc1ccc(Cl)cc1. The van der Waals surface area contributed by atoms with Crippen LogP contribution in [0.2, 0.25) is 5.02 Å². The molecule has 2 aromatic heterocycles. The molecule has 10 heteroatoms. The van der Waals surface area contributed by atoms with E-state index in [0.29, 0.717) is 27.9 Å². The fourth-order valence-corrected chi connectivity index (χ4v) is 5.14. The van der Waals surface area contributed by atoms with Crippen LogP contribution in [0.4, 0.5) is 0 Å². The Kier molecular flexibility index (Phi) is 6.48. The van der Waals surface area contributed by atoms with Gasteiger partial charge in [-0.2, -0.15) is 0 Å². The number of piperidine rings is 1. The highest BCUT2D eigenvalue weighted by molar-refractivity contribution is 7.99. The van der Waals surface area contributed by atoms with Crippen molar-refractivity contribution in [2.75, 3.05) is 12.3 Å². The highest BCUT2D eigenvalue weighted by atomic mass is 35.5. The predicted molar refractivity (Wildman–Crippen MR) is 127 cm³/mol. The smallest absolute Gasteiger partial charge is 0.332 e. The van der Waals surface area contributed by atoms with Crippen molar-refractivity contribution in [2.45, 2.75) is 43.9 Å². The number of imidazole rings is 1. The predicted octanol–water partition coefficient (Wildman–Crippen LogP) is 2.63. The summed E-state index contributed by atoms with van der Waals surface area (Å²) in [6.45, 7) is 3.23. The fourth-order valence-electron chi connectivity index (χ4n) is 4.13. The lowest BCUT2D eigenvalue weighted by atomic mass is 10.0. The summed E-state index contributed by atoms with van der Waals surface area (Å²) in [5.74, 6) is 0.289. The van der Waals surface area contributed by atoms with Gasteiger partial charge in [0.15, 0.2) is 16.3 Å². The van der Waals surface area contributed by atoms with Crippen molar-refractivity contribution in [1.82, 2.24) is 23.6 Å². The number of carbonyl (C=O) groups is 1. The number of hydrogen-bond acceptors (Lipinski definition) is 5. The van der Waals surface area contributed by atoms with E-state index in [-0.39, 0.29) is 17.7 Å². The second kappa shape index (κ2) is 9.15. The van der Waals surface area contributed by atoms with E-state index in [0.717, 1.165) is 35.9 Å². The van der Waals surface area contributed by atoms with Gasteiger partial charge in [0, 0.05) is 31.7 Å². The Morgan fingerprint density at radius 1 is 1.16 bits per heavy atom. The molecule has 1 amide bonds. The summed E-state index contributed by atoms with van der Waals surface area (Å²) in [5, 5.41) is 1.16. The molecule has 1 unspecified atom stereocenters. The average Bonchev–Trinajstić information content (AvgIpc) is 3.14. The van der Waals surface area contributed by atoms with E-state index in [4.69, 9.17) is 11.6 Å². The van der Waals surface area contributed by atoms with E-state index >= 15 is 0 Å². The minimum Gasteiger partial charge on any atom is -0.339 e. The zero-order chi connectivity index (χ0) is 23.0. The van der Waals surface area contributed by atoms with Crippen molar-refractivity contribution in [3.05, 3.63) is 55.7 Å². The van der Waals surface area contributed by atoms with E-state index in [1.807, 2.05) is 17.0 Å². The highest BCUT2D eigenvalue weighted by Gasteiger charge is 2.25. The third-order valence-corrected chi connectivity index (χ3v) is 7.23. The fraction of sp³-hybridized carbons (Fsp3) is 0.455. The van der Waals surface area contributed by atoms with Gasteiger partial charge >= 0.3 is 5.69 Å². The lowest BCUT2D eigenvalue weighted by Gasteiger charge is -2.33. The number of aryl methyl sites for hydroxylation is 1. The Balaban J connectivity index is 1.73. The van der Waals surface area contributed by atoms with Gasteiger partial charge in [-0.1, -0.05) is 35.5 Å². The molecule has 1 saturated heterocycles. The summed E-state index contributed by atoms with van der Waals surface area (Å²) < 4.78 is 4.24. The Morgan fingerprint density at radius 2 is 1.88 bits per heavy atom. The summed E-state index contributed by atoms with van der Waals surface area (Å²) in [5.41, 5.74) is 0.738. The maximum absolute atomic E-state index is 13.0. The lowest BCUT2D eigenvalue weighted by Crippen LogP contribution is -2.43. The topological polar surface area (TPSA) is 82.1 Å². The second-order valence-electron chi connectivity index (χ2n) is 8.21. The van der Waals surface area contributed by atoms with Crippen molar-refractivity contribution >= 4 is 40.4 Å². The molecule has 32 heavy (non-hydrogen) atoms. The van der Waals surface area contributed by atoms with E-state index < -0.39 is 11.2 Å². The van der Waals surface area contributed by atoms with Gasteiger partial charge in [-0.15, -0.1) is 0 Å². The van der Waals surface area contributed by atoms with Gasteiger partial charge in [-0.3, -0.25) is 18.7 Å². The van der Waals surface area contributed by atoms with Crippen molar-refractivity contribution in [1.29, 1.82) is 0 Å². The number of hydrogen-bond donors (Lipinski definition) is 0. The number of carbonyl (C=O) groups excluding carboxylic acids is 1. The first-order valence-electron chi connectivity index (χ1n) is 10.6. The van der Waals surface area contributed by atoms with Crippen molar-refractivity contribution < 1.29 is 4.79 Å². The molecule has 0 spiro atoms. The molecule has 0 radical (unpaired) electrons. The number of benzene rings is 1. The number of halogens is 1. The first-order valence-corrected chi connectivity index (χ1v) is 12.0. The number of fused-ring (bicyclic) bond motifs is 1. The quantitative estimate of drug-likeness (QED) is 0.530. The molecule has 170 valence electrons. The lowest BCUT2D eigenvalue weighted by molar-refractivity contribution is -0.131. The first kappa shape index (κ1) is 22.7. The molecule has 0 aliphatic carbocycles. The summed E-state index contributed by atoms with van der Waals surface area (Å²) in [6.07, 6.45) is 3.18. The molecule has 1 aliphatic heterocycles. The van der Waals surface area contributed by atoms with Crippen molar-refractivity contribution in [3.63, 3.8) is 0 Å².